The molecule has 2 rings (SSSR count). The van der Waals surface area contributed by atoms with Gasteiger partial charge in [0, 0.05) is 32.7 Å². The van der Waals surface area contributed by atoms with Gasteiger partial charge in [0.25, 0.3) is 0 Å². The van der Waals surface area contributed by atoms with E-state index in [4.69, 9.17) is 4.74 Å². The molecule has 3 N–H and O–H groups in total. The van der Waals surface area contributed by atoms with Gasteiger partial charge in [-0.15, -0.1) is 0 Å². The number of morpholine rings is 1. The summed E-state index contributed by atoms with van der Waals surface area (Å²) < 4.78 is 5.38. The van der Waals surface area contributed by atoms with Gasteiger partial charge in [0.2, 0.25) is 0 Å². The van der Waals surface area contributed by atoms with Crippen molar-refractivity contribution >= 4 is 5.96 Å². The number of aliphatic imine (C=N–C) groups is 1. The smallest absolute Gasteiger partial charge is 0.191 e. The van der Waals surface area contributed by atoms with Crippen molar-refractivity contribution in [3.63, 3.8) is 0 Å². The van der Waals surface area contributed by atoms with Crippen LogP contribution in [0.5, 0.6) is 0 Å². The standard InChI is InChI=1S/C21H43N5O2/c1-4-22-20(23-9-5-6-10-25-11-7-19(2)8-12-25)24-17-21(3,27)18-26-13-15-28-16-14-26/h19,27H,4-18H2,1-3H3,(H2,22,23,24). The molecule has 0 aromatic heterocycles. The molecule has 2 heterocycles. The molecular formula is C21H43N5O2. The third-order valence-electron chi connectivity index (χ3n) is 5.66. The molecule has 0 aromatic carbocycles. The highest BCUT2D eigenvalue weighted by Gasteiger charge is 2.25. The monoisotopic (exact) mass is 397 g/mol. The second kappa shape index (κ2) is 12.6. The Labute approximate surface area is 171 Å². The van der Waals surface area contributed by atoms with Crippen molar-refractivity contribution in [1.82, 2.24) is 20.4 Å². The van der Waals surface area contributed by atoms with E-state index in [1.807, 2.05) is 6.92 Å². The molecule has 7 nitrogen and oxygen atoms in total. The van der Waals surface area contributed by atoms with Gasteiger partial charge < -0.3 is 25.4 Å². The lowest BCUT2D eigenvalue weighted by Crippen LogP contribution is -2.48. The number of piperidine rings is 1. The molecule has 7 heteroatoms. The number of hydrogen-bond donors (Lipinski definition) is 3. The maximum absolute atomic E-state index is 10.7. The van der Waals surface area contributed by atoms with Crippen LogP contribution in [0.3, 0.4) is 0 Å². The number of hydrogen-bond acceptors (Lipinski definition) is 5. The molecular weight excluding hydrogens is 354 g/mol. The quantitative estimate of drug-likeness (QED) is 0.292. The van der Waals surface area contributed by atoms with Crippen molar-refractivity contribution in [2.75, 3.05) is 72.1 Å². The average Bonchev–Trinajstić information content (AvgIpc) is 2.67. The van der Waals surface area contributed by atoms with Crippen LogP contribution in [-0.2, 0) is 4.74 Å². The largest absolute Gasteiger partial charge is 0.387 e. The third-order valence-corrected chi connectivity index (χ3v) is 5.66. The van der Waals surface area contributed by atoms with Crippen LogP contribution in [0, 0.1) is 5.92 Å². The summed E-state index contributed by atoms with van der Waals surface area (Å²) in [5, 5.41) is 17.4. The van der Waals surface area contributed by atoms with Crippen molar-refractivity contribution in [1.29, 1.82) is 0 Å². The van der Waals surface area contributed by atoms with Gasteiger partial charge in [-0.25, -0.2) is 0 Å². The summed E-state index contributed by atoms with van der Waals surface area (Å²) in [4.78, 5) is 9.47. The molecule has 2 aliphatic heterocycles. The van der Waals surface area contributed by atoms with Crippen molar-refractivity contribution < 1.29 is 9.84 Å². The van der Waals surface area contributed by atoms with Crippen molar-refractivity contribution in [2.24, 2.45) is 10.9 Å². The van der Waals surface area contributed by atoms with E-state index in [0.29, 0.717) is 13.1 Å². The first-order valence-electron chi connectivity index (χ1n) is 11.3. The number of nitrogens with zero attached hydrogens (tertiary/aromatic N) is 3. The average molecular weight is 398 g/mol. The maximum atomic E-state index is 10.7. The number of guanidine groups is 1. The summed E-state index contributed by atoms with van der Waals surface area (Å²) in [6.07, 6.45) is 5.05. The van der Waals surface area contributed by atoms with Crippen LogP contribution >= 0.6 is 0 Å². The van der Waals surface area contributed by atoms with E-state index in [0.717, 1.165) is 57.7 Å². The molecule has 0 bridgehead atoms. The summed E-state index contributed by atoms with van der Waals surface area (Å²) in [6.45, 7) is 16.1. The van der Waals surface area contributed by atoms with Gasteiger partial charge in [0.05, 0.1) is 25.4 Å². The highest BCUT2D eigenvalue weighted by atomic mass is 16.5. The van der Waals surface area contributed by atoms with Crippen LogP contribution in [0.4, 0.5) is 0 Å². The predicted octanol–water partition coefficient (Wildman–Crippen LogP) is 1.14. The first kappa shape index (κ1) is 23.4. The van der Waals surface area contributed by atoms with Crippen LogP contribution in [-0.4, -0.2) is 98.6 Å². The Bertz CT molecular complexity index is 444. The normalized spacial score (nSPS) is 22.8. The number of aliphatic hydroxyl groups is 1. The minimum Gasteiger partial charge on any atom is -0.387 e. The van der Waals surface area contributed by atoms with Crippen LogP contribution < -0.4 is 10.6 Å². The Balaban J connectivity index is 1.64. The zero-order chi connectivity index (χ0) is 20.2. The summed E-state index contributed by atoms with van der Waals surface area (Å²) in [5.74, 6) is 1.70. The highest BCUT2D eigenvalue weighted by molar-refractivity contribution is 5.79. The van der Waals surface area contributed by atoms with Gasteiger partial charge in [-0.1, -0.05) is 6.92 Å². The van der Waals surface area contributed by atoms with Gasteiger partial charge in [0.1, 0.15) is 0 Å². The lowest BCUT2D eigenvalue weighted by molar-refractivity contribution is -0.0179. The second-order valence-corrected chi connectivity index (χ2v) is 8.74. The molecule has 164 valence electrons. The molecule has 28 heavy (non-hydrogen) atoms. The van der Waals surface area contributed by atoms with Gasteiger partial charge in [-0.05, 0) is 65.1 Å². The fourth-order valence-corrected chi connectivity index (χ4v) is 3.83. The van der Waals surface area contributed by atoms with Crippen LogP contribution in [0.1, 0.15) is 46.5 Å². The van der Waals surface area contributed by atoms with E-state index in [1.54, 1.807) is 0 Å². The van der Waals surface area contributed by atoms with Crippen LogP contribution in [0.25, 0.3) is 0 Å². The van der Waals surface area contributed by atoms with E-state index >= 15 is 0 Å². The molecule has 1 unspecified atom stereocenters. The van der Waals surface area contributed by atoms with Crippen molar-refractivity contribution in [2.45, 2.75) is 52.1 Å². The Hall–Kier alpha value is -0.890. The molecule has 1 atom stereocenters. The molecule has 0 saturated carbocycles. The summed E-state index contributed by atoms with van der Waals surface area (Å²) >= 11 is 0. The van der Waals surface area contributed by atoms with Gasteiger partial charge in [-0.3, -0.25) is 9.89 Å². The number of unbranched alkanes of at least 4 members (excludes halogenated alkanes) is 1. The molecule has 0 aromatic rings. The van der Waals surface area contributed by atoms with E-state index in [1.165, 1.54) is 38.9 Å². The fraction of sp³-hybridized carbons (Fsp3) is 0.952. The predicted molar refractivity (Wildman–Crippen MR) is 116 cm³/mol. The van der Waals surface area contributed by atoms with Gasteiger partial charge in [0.15, 0.2) is 5.96 Å². The molecule has 2 fully saturated rings. The Kier molecular flexibility index (Phi) is 10.5. The molecule has 2 saturated heterocycles. The van der Waals surface area contributed by atoms with E-state index in [-0.39, 0.29) is 0 Å². The molecule has 2 aliphatic rings. The highest BCUT2D eigenvalue weighted by Crippen LogP contribution is 2.16. The van der Waals surface area contributed by atoms with E-state index < -0.39 is 5.60 Å². The number of ether oxygens (including phenoxy) is 1. The first-order chi connectivity index (χ1) is 13.5. The number of nitrogens with one attached hydrogen (secondary N) is 2. The number of likely N-dealkylation sites (tertiary alicyclic amines) is 1. The third kappa shape index (κ3) is 9.54. The van der Waals surface area contributed by atoms with Gasteiger partial charge in [-0.2, -0.15) is 0 Å². The lowest BCUT2D eigenvalue weighted by Gasteiger charge is -2.33. The summed E-state index contributed by atoms with van der Waals surface area (Å²) in [5.41, 5.74) is -0.828. The fourth-order valence-electron chi connectivity index (χ4n) is 3.83. The van der Waals surface area contributed by atoms with Crippen molar-refractivity contribution in [3.05, 3.63) is 0 Å². The zero-order valence-electron chi connectivity index (χ0n) is 18.4. The molecule has 0 radical (unpaired) electrons. The van der Waals surface area contributed by atoms with Crippen LogP contribution in [0.15, 0.2) is 4.99 Å². The minimum atomic E-state index is -0.828. The minimum absolute atomic E-state index is 0.394. The Morgan fingerprint density at radius 2 is 1.82 bits per heavy atom. The van der Waals surface area contributed by atoms with Crippen molar-refractivity contribution in [3.8, 4) is 0 Å². The molecule has 0 spiro atoms. The number of rotatable bonds is 10. The van der Waals surface area contributed by atoms with Crippen LogP contribution in [0.2, 0.25) is 0 Å². The van der Waals surface area contributed by atoms with E-state index in [9.17, 15) is 5.11 Å². The maximum Gasteiger partial charge on any atom is 0.191 e. The Morgan fingerprint density at radius 3 is 2.50 bits per heavy atom. The second-order valence-electron chi connectivity index (χ2n) is 8.74. The molecule has 0 aliphatic carbocycles. The first-order valence-corrected chi connectivity index (χ1v) is 11.3. The zero-order valence-corrected chi connectivity index (χ0v) is 18.4. The Morgan fingerprint density at radius 1 is 1.11 bits per heavy atom. The van der Waals surface area contributed by atoms with Gasteiger partial charge >= 0.3 is 0 Å². The number of β-amino-alcohol motifs (C(OH)–C–C–N with tert-alkyl or cyclic N) is 1. The lowest BCUT2D eigenvalue weighted by atomic mass is 9.99. The summed E-state index contributed by atoms with van der Waals surface area (Å²) in [6, 6.07) is 0. The summed E-state index contributed by atoms with van der Waals surface area (Å²) in [7, 11) is 0. The molecule has 0 amide bonds. The topological polar surface area (TPSA) is 72.4 Å². The van der Waals surface area contributed by atoms with E-state index in [2.05, 4.69) is 39.3 Å². The SMILES string of the molecule is CCNC(=NCC(C)(O)CN1CCOCC1)NCCCCN1CCC(C)CC1.